The van der Waals surface area contributed by atoms with Crippen LogP contribution in [0.4, 0.5) is 0 Å². The van der Waals surface area contributed by atoms with Crippen molar-refractivity contribution in [2.24, 2.45) is 0 Å². The van der Waals surface area contributed by atoms with Crippen LogP contribution in [-0.2, 0) is 4.74 Å². The van der Waals surface area contributed by atoms with Gasteiger partial charge in [0.25, 0.3) is 12.8 Å². The third-order valence-corrected chi connectivity index (χ3v) is 7.48. The molecule has 2 atom stereocenters. The van der Waals surface area contributed by atoms with Gasteiger partial charge < -0.3 is 9.47 Å². The van der Waals surface area contributed by atoms with Gasteiger partial charge in [-0.2, -0.15) is 0 Å². The van der Waals surface area contributed by atoms with Crippen LogP contribution in [0.5, 0.6) is 11.5 Å². The fourth-order valence-electron chi connectivity index (χ4n) is 4.93. The van der Waals surface area contributed by atoms with Crippen LogP contribution in [0.3, 0.4) is 0 Å². The number of hydrogen-bond acceptors (Lipinski definition) is 5. The molecule has 1 aromatic carbocycles. The summed E-state index contributed by atoms with van der Waals surface area (Å²) in [4.78, 5) is 4.37. The van der Waals surface area contributed by atoms with Gasteiger partial charge >= 0.3 is 0 Å². The smallest absolute Gasteiger partial charge is 0.265 e. The molecule has 0 aromatic heterocycles. The second-order valence-electron chi connectivity index (χ2n) is 11.1. The molecule has 0 spiro atoms. The molecule has 37 heavy (non-hydrogen) atoms. The number of nitrogens with zero attached hydrogens (tertiary/aromatic N) is 2. The first-order valence-corrected chi connectivity index (χ1v) is 15.6. The molecule has 0 saturated carbocycles. The molecule has 1 aromatic rings. The van der Waals surface area contributed by atoms with E-state index in [9.17, 15) is 0 Å². The largest absolute Gasteiger partial charge is 0.451 e. The highest BCUT2D eigenvalue weighted by molar-refractivity contribution is 5.31. The Kier molecular flexibility index (Phi) is 17.8. The number of fused-ring (bicyclic) bond motifs is 6. The Morgan fingerprint density at radius 2 is 0.784 bits per heavy atom. The van der Waals surface area contributed by atoms with Gasteiger partial charge in [-0.25, -0.2) is 9.80 Å². The van der Waals surface area contributed by atoms with E-state index in [0.29, 0.717) is 0 Å². The van der Waals surface area contributed by atoms with Gasteiger partial charge in [-0.15, -0.1) is 0 Å². The topological polar surface area (TPSA) is 34.2 Å². The van der Waals surface area contributed by atoms with Crippen LogP contribution in [-0.4, -0.2) is 49.8 Å². The number of unbranched alkanes of at least 4 members (excludes halogenated alkanes) is 16. The highest BCUT2D eigenvalue weighted by Crippen LogP contribution is 2.25. The lowest BCUT2D eigenvalue weighted by Crippen LogP contribution is -2.48. The minimum Gasteiger partial charge on any atom is -0.451 e. The van der Waals surface area contributed by atoms with Crippen molar-refractivity contribution in [2.75, 3.05) is 27.2 Å². The highest BCUT2D eigenvalue weighted by Gasteiger charge is 2.28. The van der Waals surface area contributed by atoms with Gasteiger partial charge in [0.1, 0.15) is 11.5 Å². The zero-order chi connectivity index (χ0) is 26.6. The summed E-state index contributed by atoms with van der Waals surface area (Å²) in [5, 5.41) is 0. The van der Waals surface area contributed by atoms with Crippen LogP contribution in [0, 0.1) is 0 Å². The standard InChI is InChI=1S/C32H58N2O3/c1-5-7-9-11-13-15-17-19-21-27-33(3)31-35-29-23-25-30(26-24-29)36-32(37-31)34(4)28-22-20-18-16-14-12-10-8-6-2/h23-26,31-32H,5-22,27-28H2,1-4H3. The molecule has 2 aliphatic heterocycles. The summed E-state index contributed by atoms with van der Waals surface area (Å²) in [5.41, 5.74) is 0. The van der Waals surface area contributed by atoms with Crippen LogP contribution in [0.15, 0.2) is 24.3 Å². The second kappa shape index (κ2) is 20.6. The zero-order valence-corrected chi connectivity index (χ0v) is 24.7. The molecule has 0 N–H and O–H groups in total. The fraction of sp³-hybridized carbons (Fsp3) is 0.812. The first-order chi connectivity index (χ1) is 18.1. The van der Waals surface area contributed by atoms with Crippen LogP contribution < -0.4 is 9.47 Å². The van der Waals surface area contributed by atoms with E-state index in [2.05, 4.69) is 37.7 Å². The second-order valence-corrected chi connectivity index (χ2v) is 11.1. The van der Waals surface area contributed by atoms with Crippen molar-refractivity contribution in [3.8, 4) is 11.5 Å². The van der Waals surface area contributed by atoms with E-state index < -0.39 is 12.8 Å². The van der Waals surface area contributed by atoms with Gasteiger partial charge in [-0.3, -0.25) is 4.74 Å². The third-order valence-electron chi connectivity index (χ3n) is 7.48. The Balaban J connectivity index is 1.72. The Labute approximate surface area is 229 Å². The molecule has 0 amide bonds. The summed E-state index contributed by atoms with van der Waals surface area (Å²) in [6.07, 6.45) is 23.0. The lowest BCUT2D eigenvalue weighted by Gasteiger charge is -2.34. The van der Waals surface area contributed by atoms with Gasteiger partial charge in [0, 0.05) is 13.1 Å². The van der Waals surface area contributed by atoms with E-state index >= 15 is 0 Å². The summed E-state index contributed by atoms with van der Waals surface area (Å²) >= 11 is 0. The van der Waals surface area contributed by atoms with Gasteiger partial charge in [-0.05, 0) is 51.2 Å². The summed E-state index contributed by atoms with van der Waals surface area (Å²) in [5.74, 6) is 1.64. The molecule has 2 bridgehead atoms. The van der Waals surface area contributed by atoms with Crippen LogP contribution in [0.2, 0.25) is 0 Å². The Morgan fingerprint density at radius 1 is 0.486 bits per heavy atom. The van der Waals surface area contributed by atoms with Gasteiger partial charge in [0.2, 0.25) is 0 Å². The van der Waals surface area contributed by atoms with Crippen molar-refractivity contribution >= 4 is 0 Å². The number of rotatable bonds is 22. The fourth-order valence-corrected chi connectivity index (χ4v) is 4.93. The van der Waals surface area contributed by atoms with Crippen molar-refractivity contribution in [3.63, 3.8) is 0 Å². The van der Waals surface area contributed by atoms with Crippen molar-refractivity contribution in [1.82, 2.24) is 9.80 Å². The summed E-state index contributed by atoms with van der Waals surface area (Å²) in [6, 6.07) is 7.89. The Morgan fingerprint density at radius 3 is 1.11 bits per heavy atom. The number of benzene rings is 1. The molecule has 5 heteroatoms. The lowest BCUT2D eigenvalue weighted by atomic mass is 10.1. The number of ether oxygens (including phenoxy) is 3. The van der Waals surface area contributed by atoms with E-state index in [1.165, 1.54) is 103 Å². The normalized spacial score (nSPS) is 17.5. The average molecular weight is 519 g/mol. The highest BCUT2D eigenvalue weighted by atomic mass is 16.8. The third kappa shape index (κ3) is 14.4. The molecule has 2 unspecified atom stereocenters. The average Bonchev–Trinajstić information content (AvgIpc) is 3.06. The van der Waals surface area contributed by atoms with Crippen molar-refractivity contribution in [2.45, 2.75) is 142 Å². The number of hydrogen-bond donors (Lipinski definition) is 0. The molecule has 2 heterocycles. The lowest BCUT2D eigenvalue weighted by molar-refractivity contribution is -0.278. The predicted molar refractivity (Wildman–Crippen MR) is 156 cm³/mol. The van der Waals surface area contributed by atoms with Gasteiger partial charge in [0.05, 0.1) is 0 Å². The Hall–Kier alpha value is -1.30. The Bertz CT molecular complexity index is 599. The van der Waals surface area contributed by atoms with Gasteiger partial charge in [-0.1, -0.05) is 117 Å². The first kappa shape index (κ1) is 31.9. The molecule has 0 saturated heterocycles. The molecule has 2 aliphatic rings. The van der Waals surface area contributed by atoms with E-state index in [0.717, 1.165) is 37.4 Å². The minimum atomic E-state index is -0.466. The maximum absolute atomic E-state index is 6.43. The molecule has 0 fully saturated rings. The van der Waals surface area contributed by atoms with Crippen molar-refractivity contribution in [3.05, 3.63) is 24.3 Å². The van der Waals surface area contributed by atoms with E-state index in [1.807, 2.05) is 24.3 Å². The molecular formula is C32H58N2O3. The van der Waals surface area contributed by atoms with Gasteiger partial charge in [0.15, 0.2) is 0 Å². The maximum Gasteiger partial charge on any atom is 0.265 e. The van der Waals surface area contributed by atoms with E-state index in [4.69, 9.17) is 14.2 Å². The molecule has 214 valence electrons. The van der Waals surface area contributed by atoms with E-state index in [-0.39, 0.29) is 0 Å². The van der Waals surface area contributed by atoms with E-state index in [1.54, 1.807) is 0 Å². The predicted octanol–water partition coefficient (Wildman–Crippen LogP) is 8.97. The minimum absolute atomic E-state index is 0.466. The first-order valence-electron chi connectivity index (χ1n) is 15.6. The molecular weight excluding hydrogens is 460 g/mol. The molecule has 0 radical (unpaired) electrons. The monoisotopic (exact) mass is 518 g/mol. The zero-order valence-electron chi connectivity index (χ0n) is 24.7. The maximum atomic E-state index is 6.43. The summed E-state index contributed by atoms with van der Waals surface area (Å²) < 4.78 is 18.9. The molecule has 0 aliphatic carbocycles. The molecule has 5 nitrogen and oxygen atoms in total. The molecule has 3 rings (SSSR count). The van der Waals surface area contributed by atoms with Crippen molar-refractivity contribution < 1.29 is 14.2 Å². The van der Waals surface area contributed by atoms with Crippen molar-refractivity contribution in [1.29, 1.82) is 0 Å². The van der Waals surface area contributed by atoms with Crippen LogP contribution in [0.1, 0.15) is 129 Å². The summed E-state index contributed by atoms with van der Waals surface area (Å²) in [6.45, 7) is 6.46. The van der Waals surface area contributed by atoms with Crippen LogP contribution in [0.25, 0.3) is 0 Å². The summed E-state index contributed by atoms with van der Waals surface area (Å²) in [7, 11) is 4.19. The van der Waals surface area contributed by atoms with Crippen LogP contribution >= 0.6 is 0 Å². The SMILES string of the molecule is CCCCCCCCCCCN(C)C1Oc2ccc(cc2)OC(N(C)CCCCCCCCCCC)O1. The quantitative estimate of drug-likeness (QED) is 0.143.